The molecule has 1 N–H and O–H groups in total. The van der Waals surface area contributed by atoms with Crippen LogP contribution in [-0.4, -0.2) is 18.1 Å². The van der Waals surface area contributed by atoms with Crippen molar-refractivity contribution in [3.63, 3.8) is 0 Å². The van der Waals surface area contributed by atoms with Gasteiger partial charge in [-0.2, -0.15) is 0 Å². The number of hydrogen-bond acceptors (Lipinski definition) is 2. The lowest BCUT2D eigenvalue weighted by atomic mass is 9.74. The van der Waals surface area contributed by atoms with Gasteiger partial charge in [0.2, 0.25) is 5.91 Å². The van der Waals surface area contributed by atoms with Gasteiger partial charge in [0.05, 0.1) is 0 Å². The maximum Gasteiger partial charge on any atom is 0.223 e. The van der Waals surface area contributed by atoms with Gasteiger partial charge in [0.25, 0.3) is 0 Å². The minimum Gasteiger partial charge on any atom is -0.344 e. The summed E-state index contributed by atoms with van der Waals surface area (Å²) in [7, 11) is 0. The summed E-state index contributed by atoms with van der Waals surface area (Å²) in [6, 6.07) is 17.2. The molecule has 4 rings (SSSR count). The second-order valence-electron chi connectivity index (χ2n) is 9.56. The molecule has 2 aliphatic rings. The van der Waals surface area contributed by atoms with E-state index in [4.69, 9.17) is 0 Å². The monoisotopic (exact) mass is 374 g/mol. The van der Waals surface area contributed by atoms with Gasteiger partial charge in [-0.1, -0.05) is 83.2 Å². The number of rotatable bonds is 2. The van der Waals surface area contributed by atoms with Crippen LogP contribution in [-0.2, 0) is 15.6 Å². The summed E-state index contributed by atoms with van der Waals surface area (Å²) < 4.78 is 0. The molecule has 0 radical (unpaired) electrons. The maximum atomic E-state index is 12.4. The molecule has 0 aromatic heterocycles. The zero-order chi connectivity index (χ0) is 20.2. The SMILES string of the molecule is CC(C)(C)c1ccc(/C=C/[C@]23NC(=O)CCN2c2ccccc2C3(C)C)cc1. The van der Waals surface area contributed by atoms with Crippen LogP contribution in [0.4, 0.5) is 5.69 Å². The van der Waals surface area contributed by atoms with Gasteiger partial charge in [0.1, 0.15) is 5.66 Å². The summed E-state index contributed by atoms with van der Waals surface area (Å²) in [4.78, 5) is 14.8. The largest absolute Gasteiger partial charge is 0.344 e. The molecule has 0 unspecified atom stereocenters. The molecular weight excluding hydrogens is 344 g/mol. The number of para-hydroxylation sites is 1. The van der Waals surface area contributed by atoms with Gasteiger partial charge in [-0.3, -0.25) is 4.79 Å². The first-order chi connectivity index (χ1) is 13.1. The van der Waals surface area contributed by atoms with Gasteiger partial charge in [0.15, 0.2) is 0 Å². The van der Waals surface area contributed by atoms with Crippen molar-refractivity contribution in [2.24, 2.45) is 0 Å². The Morgan fingerprint density at radius 3 is 2.39 bits per heavy atom. The number of anilines is 1. The Balaban J connectivity index is 1.75. The summed E-state index contributed by atoms with van der Waals surface area (Å²) in [6.07, 6.45) is 4.87. The average molecular weight is 375 g/mol. The van der Waals surface area contributed by atoms with Crippen LogP contribution in [0.2, 0.25) is 0 Å². The Morgan fingerprint density at radius 1 is 1.04 bits per heavy atom. The lowest BCUT2D eigenvalue weighted by molar-refractivity contribution is -0.124. The van der Waals surface area contributed by atoms with Crippen LogP contribution in [0.25, 0.3) is 6.08 Å². The second kappa shape index (κ2) is 6.23. The lowest BCUT2D eigenvalue weighted by Gasteiger charge is -2.49. The zero-order valence-corrected chi connectivity index (χ0v) is 17.5. The minimum absolute atomic E-state index is 0.116. The fraction of sp³-hybridized carbons (Fsp3) is 0.400. The molecule has 2 aliphatic heterocycles. The normalized spacial score (nSPS) is 23.5. The third kappa shape index (κ3) is 2.76. The smallest absolute Gasteiger partial charge is 0.223 e. The molecule has 3 heteroatoms. The molecule has 1 fully saturated rings. The van der Waals surface area contributed by atoms with Crippen molar-refractivity contribution in [1.29, 1.82) is 0 Å². The van der Waals surface area contributed by atoms with Crippen LogP contribution < -0.4 is 10.2 Å². The lowest BCUT2D eigenvalue weighted by Crippen LogP contribution is -2.68. The number of nitrogens with zero attached hydrogens (tertiary/aromatic N) is 1. The highest BCUT2D eigenvalue weighted by Crippen LogP contribution is 2.52. The van der Waals surface area contributed by atoms with Crippen molar-refractivity contribution in [2.75, 3.05) is 11.4 Å². The number of fused-ring (bicyclic) bond motifs is 3. The molecule has 2 heterocycles. The van der Waals surface area contributed by atoms with Crippen molar-refractivity contribution in [3.8, 4) is 0 Å². The minimum atomic E-state index is -0.547. The number of carbonyl (C=O) groups excluding carboxylic acids is 1. The molecule has 28 heavy (non-hydrogen) atoms. The van der Waals surface area contributed by atoms with Gasteiger partial charge in [-0.25, -0.2) is 0 Å². The number of benzene rings is 2. The molecule has 146 valence electrons. The summed E-state index contributed by atoms with van der Waals surface area (Å²) in [5.74, 6) is 0.116. The molecule has 1 atom stereocenters. The fourth-order valence-electron chi connectivity index (χ4n) is 4.63. The van der Waals surface area contributed by atoms with E-state index in [2.05, 4.69) is 106 Å². The van der Waals surface area contributed by atoms with Crippen molar-refractivity contribution < 1.29 is 4.79 Å². The van der Waals surface area contributed by atoms with E-state index in [1.54, 1.807) is 0 Å². The third-order valence-corrected chi connectivity index (χ3v) is 6.43. The van der Waals surface area contributed by atoms with Crippen LogP contribution in [0.3, 0.4) is 0 Å². The standard InChI is InChI=1S/C25H30N2O/c1-23(2,3)19-12-10-18(11-13-19)14-16-25-24(4,5)20-8-6-7-9-21(20)27(25)17-15-22(28)26-25/h6-14,16H,15,17H2,1-5H3,(H,26,28)/b16-14+/t25-/m0/s1. The van der Waals surface area contributed by atoms with E-state index in [1.165, 1.54) is 16.8 Å². The predicted octanol–water partition coefficient (Wildman–Crippen LogP) is 5.01. The number of hydrogen-bond donors (Lipinski definition) is 1. The van der Waals surface area contributed by atoms with E-state index < -0.39 is 5.66 Å². The molecule has 2 aromatic carbocycles. The van der Waals surface area contributed by atoms with Crippen LogP contribution in [0, 0.1) is 0 Å². The third-order valence-electron chi connectivity index (χ3n) is 6.43. The van der Waals surface area contributed by atoms with Gasteiger partial charge >= 0.3 is 0 Å². The number of carbonyl (C=O) groups is 1. The molecule has 0 aliphatic carbocycles. The van der Waals surface area contributed by atoms with E-state index >= 15 is 0 Å². The fourth-order valence-corrected chi connectivity index (χ4v) is 4.63. The van der Waals surface area contributed by atoms with Crippen molar-refractivity contribution >= 4 is 17.7 Å². The Morgan fingerprint density at radius 2 is 1.71 bits per heavy atom. The van der Waals surface area contributed by atoms with E-state index in [1.807, 2.05) is 0 Å². The molecule has 0 bridgehead atoms. The highest BCUT2D eigenvalue weighted by Gasteiger charge is 2.57. The molecular formula is C25H30N2O. The number of nitrogens with one attached hydrogen (secondary N) is 1. The second-order valence-corrected chi connectivity index (χ2v) is 9.56. The van der Waals surface area contributed by atoms with E-state index in [-0.39, 0.29) is 16.7 Å². The molecule has 1 amide bonds. The quantitative estimate of drug-likeness (QED) is 0.801. The Kier molecular flexibility index (Phi) is 4.18. The highest BCUT2D eigenvalue weighted by atomic mass is 16.2. The van der Waals surface area contributed by atoms with Crippen molar-refractivity contribution in [1.82, 2.24) is 5.32 Å². The van der Waals surface area contributed by atoms with Crippen LogP contribution in [0.5, 0.6) is 0 Å². The Labute approximate surface area is 168 Å². The topological polar surface area (TPSA) is 32.3 Å². The van der Waals surface area contributed by atoms with Crippen LogP contribution in [0.15, 0.2) is 54.6 Å². The Hall–Kier alpha value is -2.55. The first-order valence-electron chi connectivity index (χ1n) is 10.1. The molecule has 0 spiro atoms. The molecule has 2 aromatic rings. The summed E-state index contributed by atoms with van der Waals surface area (Å²) >= 11 is 0. The van der Waals surface area contributed by atoms with E-state index in [0.29, 0.717) is 6.42 Å². The van der Waals surface area contributed by atoms with Gasteiger partial charge < -0.3 is 10.2 Å². The zero-order valence-electron chi connectivity index (χ0n) is 17.5. The van der Waals surface area contributed by atoms with Gasteiger partial charge in [-0.05, 0) is 34.2 Å². The first-order valence-corrected chi connectivity index (χ1v) is 10.1. The first kappa shape index (κ1) is 18.8. The summed E-state index contributed by atoms with van der Waals surface area (Å²) in [6.45, 7) is 11.9. The van der Waals surface area contributed by atoms with Crippen molar-refractivity contribution in [2.45, 2.75) is 57.5 Å². The highest BCUT2D eigenvalue weighted by molar-refractivity contribution is 5.84. The summed E-state index contributed by atoms with van der Waals surface area (Å²) in [5, 5.41) is 3.34. The molecule has 1 saturated heterocycles. The van der Waals surface area contributed by atoms with Crippen LogP contribution >= 0.6 is 0 Å². The molecule has 0 saturated carbocycles. The van der Waals surface area contributed by atoms with E-state index in [0.717, 1.165) is 12.1 Å². The summed E-state index contributed by atoms with van der Waals surface area (Å²) in [5.41, 5.74) is 4.34. The predicted molar refractivity (Wildman–Crippen MR) is 116 cm³/mol. The van der Waals surface area contributed by atoms with Crippen LogP contribution in [0.1, 0.15) is 57.7 Å². The van der Waals surface area contributed by atoms with Gasteiger partial charge in [-0.15, -0.1) is 0 Å². The molecule has 3 nitrogen and oxygen atoms in total. The maximum absolute atomic E-state index is 12.4. The van der Waals surface area contributed by atoms with Gasteiger partial charge in [0, 0.05) is 24.1 Å². The van der Waals surface area contributed by atoms with Crippen molar-refractivity contribution in [3.05, 3.63) is 71.3 Å². The Bertz CT molecular complexity index is 934. The average Bonchev–Trinajstić information content (AvgIpc) is 2.84. The number of amides is 1. The van der Waals surface area contributed by atoms with E-state index in [9.17, 15) is 4.79 Å².